The van der Waals surface area contributed by atoms with E-state index in [4.69, 9.17) is 4.74 Å². The van der Waals surface area contributed by atoms with Crippen molar-refractivity contribution in [1.82, 2.24) is 0 Å². The van der Waals surface area contributed by atoms with Crippen molar-refractivity contribution in [3.8, 4) is 0 Å². The number of nitrogens with zero attached hydrogens (tertiary/aromatic N) is 1. The van der Waals surface area contributed by atoms with Crippen LogP contribution in [0, 0.1) is 10.1 Å². The lowest BCUT2D eigenvalue weighted by Gasteiger charge is -2.04. The van der Waals surface area contributed by atoms with Gasteiger partial charge in [-0.15, -0.1) is 0 Å². The van der Waals surface area contributed by atoms with E-state index in [9.17, 15) is 14.9 Å². The number of esters is 1. The lowest BCUT2D eigenvalue weighted by Crippen LogP contribution is -2.05. The highest BCUT2D eigenvalue weighted by Gasteiger charge is 2.10. The van der Waals surface area contributed by atoms with Crippen molar-refractivity contribution in [3.05, 3.63) is 52.1 Å². The maximum atomic E-state index is 11.7. The summed E-state index contributed by atoms with van der Waals surface area (Å²) in [5.41, 5.74) is 0.489. The number of carbonyl (C=O) groups excluding carboxylic acids is 1. The fraction of sp³-hybridized carbons (Fsp3) is 0.214. The van der Waals surface area contributed by atoms with Crippen LogP contribution in [0.15, 0.2) is 36.4 Å². The van der Waals surface area contributed by atoms with Gasteiger partial charge >= 0.3 is 5.97 Å². The molecule has 0 fully saturated rings. The predicted octanol–water partition coefficient (Wildman–Crippen LogP) is 3.31. The van der Waals surface area contributed by atoms with Gasteiger partial charge in [-0.05, 0) is 35.4 Å². The molecule has 0 N–H and O–H groups in total. The van der Waals surface area contributed by atoms with Crippen molar-refractivity contribution < 1.29 is 14.5 Å². The molecule has 0 unspecified atom stereocenters. The summed E-state index contributed by atoms with van der Waals surface area (Å²) in [7, 11) is 0. The van der Waals surface area contributed by atoms with E-state index in [2.05, 4.69) is 0 Å². The molecule has 0 saturated carbocycles. The maximum Gasteiger partial charge on any atom is 0.338 e. The van der Waals surface area contributed by atoms with Crippen molar-refractivity contribution in [2.24, 2.45) is 0 Å². The van der Waals surface area contributed by atoms with E-state index in [0.29, 0.717) is 12.2 Å². The average molecular weight is 259 g/mol. The van der Waals surface area contributed by atoms with E-state index in [1.54, 1.807) is 24.3 Å². The topological polar surface area (TPSA) is 69.4 Å². The van der Waals surface area contributed by atoms with Crippen LogP contribution < -0.4 is 0 Å². The highest BCUT2D eigenvalue weighted by molar-refractivity contribution is 5.95. The number of hydrogen-bond donors (Lipinski definition) is 0. The third-order valence-corrected chi connectivity index (χ3v) is 2.71. The van der Waals surface area contributed by atoms with Gasteiger partial charge in [0.1, 0.15) is 0 Å². The van der Waals surface area contributed by atoms with Crippen LogP contribution in [0.3, 0.4) is 0 Å². The second-order valence-electron chi connectivity index (χ2n) is 4.14. The number of fused-ring (bicyclic) bond motifs is 1. The highest BCUT2D eigenvalue weighted by atomic mass is 16.6. The van der Waals surface area contributed by atoms with Gasteiger partial charge in [-0.2, -0.15) is 0 Å². The summed E-state index contributed by atoms with van der Waals surface area (Å²) in [6, 6.07) is 9.51. The molecule has 5 nitrogen and oxygen atoms in total. The molecule has 0 heterocycles. The fourth-order valence-electron chi connectivity index (χ4n) is 1.75. The summed E-state index contributed by atoms with van der Waals surface area (Å²) in [5, 5.41) is 12.2. The van der Waals surface area contributed by atoms with Crippen LogP contribution in [0.25, 0.3) is 10.8 Å². The normalized spacial score (nSPS) is 10.4. The maximum absolute atomic E-state index is 11.7. The highest BCUT2D eigenvalue weighted by Crippen LogP contribution is 2.22. The molecule has 5 heteroatoms. The zero-order valence-corrected chi connectivity index (χ0v) is 10.5. The second kappa shape index (κ2) is 5.48. The zero-order chi connectivity index (χ0) is 13.8. The molecular weight excluding hydrogens is 246 g/mol. The first-order valence-electron chi connectivity index (χ1n) is 5.97. The van der Waals surface area contributed by atoms with E-state index in [1.807, 2.05) is 6.92 Å². The Balaban J connectivity index is 2.34. The molecule has 98 valence electrons. The molecule has 0 aromatic heterocycles. The fourth-order valence-corrected chi connectivity index (χ4v) is 1.75. The molecule has 2 rings (SSSR count). The smallest absolute Gasteiger partial charge is 0.338 e. The number of hydrogen-bond acceptors (Lipinski definition) is 4. The standard InChI is InChI=1S/C14H13NO4/c1-2-7-19-14(16)12-4-3-11-9-13(15(17)18)6-5-10(11)8-12/h3-6,8-9H,2,7H2,1H3. The molecule has 19 heavy (non-hydrogen) atoms. The van der Waals surface area contributed by atoms with E-state index in [-0.39, 0.29) is 11.7 Å². The lowest BCUT2D eigenvalue weighted by molar-refractivity contribution is -0.384. The van der Waals surface area contributed by atoms with Crippen LogP contribution >= 0.6 is 0 Å². The molecule has 0 bridgehead atoms. The molecule has 2 aromatic carbocycles. The Morgan fingerprint density at radius 1 is 1.21 bits per heavy atom. The summed E-state index contributed by atoms with van der Waals surface area (Å²) in [6.07, 6.45) is 0.769. The summed E-state index contributed by atoms with van der Waals surface area (Å²) in [5.74, 6) is -0.373. The Morgan fingerprint density at radius 2 is 1.89 bits per heavy atom. The number of nitro benzene ring substituents is 1. The van der Waals surface area contributed by atoms with Gasteiger partial charge in [0.05, 0.1) is 17.1 Å². The number of ether oxygens (including phenoxy) is 1. The molecule has 0 atom stereocenters. The summed E-state index contributed by atoms with van der Waals surface area (Å²) in [4.78, 5) is 21.9. The summed E-state index contributed by atoms with van der Waals surface area (Å²) in [6.45, 7) is 2.31. The third kappa shape index (κ3) is 2.88. The van der Waals surface area contributed by atoms with Crippen LogP contribution in [-0.4, -0.2) is 17.5 Å². The van der Waals surface area contributed by atoms with Crippen molar-refractivity contribution >= 4 is 22.4 Å². The van der Waals surface area contributed by atoms with Crippen LogP contribution in [0.2, 0.25) is 0 Å². The summed E-state index contributed by atoms with van der Waals surface area (Å²) < 4.78 is 5.04. The average Bonchev–Trinajstić information content (AvgIpc) is 2.43. The van der Waals surface area contributed by atoms with Crippen LogP contribution in [0.5, 0.6) is 0 Å². The largest absolute Gasteiger partial charge is 0.462 e. The predicted molar refractivity (Wildman–Crippen MR) is 71.2 cm³/mol. The Morgan fingerprint density at radius 3 is 2.58 bits per heavy atom. The SMILES string of the molecule is CCCOC(=O)c1ccc2cc([N+](=O)[O-])ccc2c1. The van der Waals surface area contributed by atoms with Gasteiger partial charge in [0.25, 0.3) is 5.69 Å². The van der Waals surface area contributed by atoms with Crippen LogP contribution in [0.1, 0.15) is 23.7 Å². The molecule has 0 aliphatic carbocycles. The van der Waals surface area contributed by atoms with Crippen molar-refractivity contribution in [2.45, 2.75) is 13.3 Å². The van der Waals surface area contributed by atoms with Crippen LogP contribution in [0.4, 0.5) is 5.69 Å². The van der Waals surface area contributed by atoms with E-state index in [1.165, 1.54) is 12.1 Å². The van der Waals surface area contributed by atoms with Crippen LogP contribution in [-0.2, 0) is 4.74 Å². The van der Waals surface area contributed by atoms with Crippen molar-refractivity contribution in [3.63, 3.8) is 0 Å². The van der Waals surface area contributed by atoms with Gasteiger partial charge in [0.2, 0.25) is 0 Å². The van der Waals surface area contributed by atoms with E-state index in [0.717, 1.165) is 17.2 Å². The second-order valence-corrected chi connectivity index (χ2v) is 4.14. The number of benzene rings is 2. The van der Waals surface area contributed by atoms with E-state index >= 15 is 0 Å². The lowest BCUT2D eigenvalue weighted by atomic mass is 10.1. The first-order valence-corrected chi connectivity index (χ1v) is 5.97. The summed E-state index contributed by atoms with van der Waals surface area (Å²) >= 11 is 0. The number of carbonyl (C=O) groups is 1. The molecule has 0 saturated heterocycles. The first kappa shape index (κ1) is 13.0. The molecule has 0 aliphatic heterocycles. The molecule has 0 amide bonds. The third-order valence-electron chi connectivity index (χ3n) is 2.71. The Kier molecular flexibility index (Phi) is 3.75. The quantitative estimate of drug-likeness (QED) is 0.480. The van der Waals surface area contributed by atoms with Crippen molar-refractivity contribution in [2.75, 3.05) is 6.61 Å². The molecular formula is C14H13NO4. The van der Waals surface area contributed by atoms with Gasteiger partial charge in [-0.3, -0.25) is 10.1 Å². The van der Waals surface area contributed by atoms with Gasteiger partial charge < -0.3 is 4.74 Å². The van der Waals surface area contributed by atoms with Gasteiger partial charge in [-0.25, -0.2) is 4.79 Å². The Bertz CT molecular complexity index is 636. The van der Waals surface area contributed by atoms with Gasteiger partial charge in [0.15, 0.2) is 0 Å². The Labute approximate surface area is 110 Å². The minimum absolute atomic E-state index is 0.0359. The first-order chi connectivity index (χ1) is 9.11. The van der Waals surface area contributed by atoms with Gasteiger partial charge in [0, 0.05) is 12.1 Å². The minimum Gasteiger partial charge on any atom is -0.462 e. The van der Waals surface area contributed by atoms with Gasteiger partial charge in [-0.1, -0.05) is 13.0 Å². The molecule has 0 spiro atoms. The molecule has 0 radical (unpaired) electrons. The molecule has 0 aliphatic rings. The Hall–Kier alpha value is -2.43. The number of non-ortho nitro benzene ring substituents is 1. The van der Waals surface area contributed by atoms with E-state index < -0.39 is 4.92 Å². The monoisotopic (exact) mass is 259 g/mol. The zero-order valence-electron chi connectivity index (χ0n) is 10.5. The minimum atomic E-state index is -0.442. The molecule has 2 aromatic rings. The van der Waals surface area contributed by atoms with Crippen molar-refractivity contribution in [1.29, 1.82) is 0 Å². The number of rotatable bonds is 4. The number of nitro groups is 1.